The number of likely N-dealkylation sites (tertiary alicyclic amines) is 1. The zero-order chi connectivity index (χ0) is 21.1. The minimum Gasteiger partial charge on any atom is -0.381 e. The molecule has 2 amide bonds. The molecule has 4 rings (SSSR count). The number of benzene rings is 2. The fraction of sp³-hybridized carbons (Fsp3) is 0.417. The number of nitrogens with zero attached hydrogens (tertiary/aromatic N) is 1. The number of hydrogen-bond donors (Lipinski definition) is 1. The summed E-state index contributed by atoms with van der Waals surface area (Å²) in [6.07, 6.45) is 2.38. The van der Waals surface area contributed by atoms with Crippen LogP contribution < -0.4 is 5.32 Å². The quantitative estimate of drug-likeness (QED) is 0.832. The van der Waals surface area contributed by atoms with Crippen LogP contribution in [0.1, 0.15) is 35.7 Å². The summed E-state index contributed by atoms with van der Waals surface area (Å²) >= 11 is 0. The van der Waals surface area contributed by atoms with Gasteiger partial charge in [-0.15, -0.1) is 0 Å². The topological polar surface area (TPSA) is 58.6 Å². The molecule has 0 radical (unpaired) electrons. The Kier molecular flexibility index (Phi) is 5.86. The van der Waals surface area contributed by atoms with Gasteiger partial charge in [0.25, 0.3) is 5.91 Å². The van der Waals surface area contributed by atoms with Crippen LogP contribution in [0.25, 0.3) is 0 Å². The lowest BCUT2D eigenvalue weighted by atomic mass is 9.71. The Hall–Kier alpha value is -2.73. The van der Waals surface area contributed by atoms with E-state index in [-0.39, 0.29) is 23.1 Å². The minimum absolute atomic E-state index is 0.0513. The molecule has 1 N–H and O–H groups in total. The van der Waals surface area contributed by atoms with Crippen molar-refractivity contribution in [3.05, 3.63) is 65.5 Å². The van der Waals surface area contributed by atoms with Crippen LogP contribution in [0.3, 0.4) is 0 Å². The van der Waals surface area contributed by atoms with Crippen molar-refractivity contribution < 1.29 is 18.7 Å². The molecular formula is C24H27FN2O3. The van der Waals surface area contributed by atoms with Crippen molar-refractivity contribution in [1.29, 1.82) is 0 Å². The van der Waals surface area contributed by atoms with Crippen LogP contribution in [0, 0.1) is 17.2 Å². The van der Waals surface area contributed by atoms with Crippen molar-refractivity contribution in [1.82, 2.24) is 4.90 Å². The first kappa shape index (κ1) is 20.5. The van der Waals surface area contributed by atoms with E-state index >= 15 is 0 Å². The molecule has 2 aromatic carbocycles. The number of nitrogens with one attached hydrogen (secondary N) is 1. The molecule has 2 aromatic rings. The van der Waals surface area contributed by atoms with Crippen LogP contribution in [0.5, 0.6) is 0 Å². The second kappa shape index (κ2) is 8.56. The number of carbonyl (C=O) groups excluding carboxylic acids is 2. The molecule has 158 valence electrons. The smallest absolute Gasteiger partial charge is 0.253 e. The molecule has 2 heterocycles. The molecule has 2 saturated heterocycles. The Morgan fingerprint density at radius 2 is 1.90 bits per heavy atom. The largest absolute Gasteiger partial charge is 0.381 e. The van der Waals surface area contributed by atoms with Crippen molar-refractivity contribution >= 4 is 17.5 Å². The van der Waals surface area contributed by atoms with Crippen LogP contribution in [0.4, 0.5) is 10.1 Å². The average Bonchev–Trinajstić information content (AvgIpc) is 3.12. The van der Waals surface area contributed by atoms with Gasteiger partial charge in [0.15, 0.2) is 0 Å². The zero-order valence-electron chi connectivity index (χ0n) is 17.2. The summed E-state index contributed by atoms with van der Waals surface area (Å²) in [6.45, 7) is 4.13. The van der Waals surface area contributed by atoms with Crippen LogP contribution in [0.2, 0.25) is 0 Å². The maximum absolute atomic E-state index is 13.5. The lowest BCUT2D eigenvalue weighted by molar-refractivity contribution is -0.124. The first-order valence-corrected chi connectivity index (χ1v) is 10.5. The lowest BCUT2D eigenvalue weighted by Gasteiger charge is -2.37. The number of carbonyl (C=O) groups is 2. The average molecular weight is 410 g/mol. The Balaban J connectivity index is 1.55. The van der Waals surface area contributed by atoms with Crippen molar-refractivity contribution in [3.63, 3.8) is 0 Å². The Morgan fingerprint density at radius 3 is 2.57 bits per heavy atom. The molecule has 2 aliphatic heterocycles. The van der Waals surface area contributed by atoms with Gasteiger partial charge < -0.3 is 15.0 Å². The summed E-state index contributed by atoms with van der Waals surface area (Å²) in [4.78, 5) is 28.1. The predicted octanol–water partition coefficient (Wildman–Crippen LogP) is 3.90. The summed E-state index contributed by atoms with van der Waals surface area (Å²) in [5.41, 5.74) is 1.94. The van der Waals surface area contributed by atoms with Gasteiger partial charge in [0.05, 0.1) is 5.92 Å². The summed E-state index contributed by atoms with van der Waals surface area (Å²) in [7, 11) is 0. The van der Waals surface area contributed by atoms with Crippen molar-refractivity contribution in [2.24, 2.45) is 11.3 Å². The molecule has 0 unspecified atom stereocenters. The number of anilines is 1. The molecule has 30 heavy (non-hydrogen) atoms. The van der Waals surface area contributed by atoms with E-state index in [2.05, 4.69) is 12.2 Å². The Labute approximate surface area is 176 Å². The summed E-state index contributed by atoms with van der Waals surface area (Å²) in [5.74, 6) is -0.973. The van der Waals surface area contributed by atoms with E-state index in [4.69, 9.17) is 4.74 Å². The van der Waals surface area contributed by atoms with Gasteiger partial charge in [0.2, 0.25) is 5.91 Å². The van der Waals surface area contributed by atoms with Gasteiger partial charge in [-0.1, -0.05) is 25.1 Å². The van der Waals surface area contributed by atoms with Crippen LogP contribution in [0.15, 0.2) is 48.5 Å². The maximum Gasteiger partial charge on any atom is 0.253 e. The highest BCUT2D eigenvalue weighted by atomic mass is 19.1. The SMILES string of the molecule is CCc1ccc(C(=O)N2C[C@H](C(=O)Nc3cccc(F)c3)C3(CCOCC3)C2)cc1. The van der Waals surface area contributed by atoms with Gasteiger partial charge in [-0.05, 0) is 55.2 Å². The molecule has 2 aliphatic rings. The molecule has 5 nitrogen and oxygen atoms in total. The van der Waals surface area contributed by atoms with Crippen LogP contribution in [-0.4, -0.2) is 43.0 Å². The molecule has 1 spiro atoms. The number of hydrogen-bond acceptors (Lipinski definition) is 3. The molecule has 0 saturated carbocycles. The maximum atomic E-state index is 13.5. The number of ether oxygens (including phenoxy) is 1. The van der Waals surface area contributed by atoms with Crippen molar-refractivity contribution in [3.8, 4) is 0 Å². The third-order valence-corrected chi connectivity index (χ3v) is 6.44. The zero-order valence-corrected chi connectivity index (χ0v) is 17.2. The highest BCUT2D eigenvalue weighted by Crippen LogP contribution is 2.45. The van der Waals surface area contributed by atoms with Gasteiger partial charge in [0.1, 0.15) is 5.82 Å². The molecule has 0 aliphatic carbocycles. The standard InChI is InChI=1S/C24H27FN2O3/c1-2-17-6-8-18(9-7-17)23(29)27-15-21(24(16-27)10-12-30-13-11-24)22(28)26-20-5-3-4-19(25)14-20/h3-9,14,21H,2,10-13,15-16H2,1H3,(H,26,28)/t21-/m1/s1. The Morgan fingerprint density at radius 1 is 1.17 bits per heavy atom. The molecule has 0 aromatic heterocycles. The minimum atomic E-state index is -0.396. The Bertz CT molecular complexity index is 922. The molecule has 1 atom stereocenters. The van der Waals surface area contributed by atoms with Gasteiger partial charge in [0, 0.05) is 43.0 Å². The van der Waals surface area contributed by atoms with E-state index in [0.717, 1.165) is 19.3 Å². The summed E-state index contributed by atoms with van der Waals surface area (Å²) < 4.78 is 19.1. The number of aryl methyl sites for hydroxylation is 1. The first-order chi connectivity index (χ1) is 14.5. The van der Waals surface area contributed by atoms with E-state index in [1.165, 1.54) is 17.7 Å². The lowest BCUT2D eigenvalue weighted by Crippen LogP contribution is -2.42. The van der Waals surface area contributed by atoms with Crippen LogP contribution in [-0.2, 0) is 16.0 Å². The first-order valence-electron chi connectivity index (χ1n) is 10.5. The third kappa shape index (κ3) is 4.10. The second-order valence-electron chi connectivity index (χ2n) is 8.26. The van der Waals surface area contributed by atoms with E-state index < -0.39 is 5.82 Å². The van der Waals surface area contributed by atoms with E-state index in [1.807, 2.05) is 24.3 Å². The molecule has 2 fully saturated rings. The molecule has 0 bridgehead atoms. The van der Waals surface area contributed by atoms with Gasteiger partial charge >= 0.3 is 0 Å². The van der Waals surface area contributed by atoms with E-state index in [0.29, 0.717) is 37.6 Å². The fourth-order valence-electron chi connectivity index (χ4n) is 4.63. The van der Waals surface area contributed by atoms with Gasteiger partial charge in [-0.25, -0.2) is 4.39 Å². The summed E-state index contributed by atoms with van der Waals surface area (Å²) in [5, 5.41) is 2.85. The number of halogens is 1. The number of rotatable bonds is 4. The van der Waals surface area contributed by atoms with Crippen molar-refractivity contribution in [2.75, 3.05) is 31.6 Å². The highest BCUT2D eigenvalue weighted by Gasteiger charge is 2.51. The number of amides is 2. The van der Waals surface area contributed by atoms with Crippen LogP contribution >= 0.6 is 0 Å². The summed E-state index contributed by atoms with van der Waals surface area (Å²) in [6, 6.07) is 13.6. The molecule has 6 heteroatoms. The predicted molar refractivity (Wildman–Crippen MR) is 113 cm³/mol. The molecular weight excluding hydrogens is 383 g/mol. The highest BCUT2D eigenvalue weighted by molar-refractivity contribution is 5.97. The third-order valence-electron chi connectivity index (χ3n) is 6.44. The van der Waals surface area contributed by atoms with E-state index in [9.17, 15) is 14.0 Å². The van der Waals surface area contributed by atoms with Gasteiger partial charge in [-0.2, -0.15) is 0 Å². The fourth-order valence-corrected chi connectivity index (χ4v) is 4.63. The van der Waals surface area contributed by atoms with Gasteiger partial charge in [-0.3, -0.25) is 9.59 Å². The van der Waals surface area contributed by atoms with E-state index in [1.54, 1.807) is 17.0 Å². The monoisotopic (exact) mass is 410 g/mol. The van der Waals surface area contributed by atoms with Crippen molar-refractivity contribution in [2.45, 2.75) is 26.2 Å². The second-order valence-corrected chi connectivity index (χ2v) is 8.26. The normalized spacial score (nSPS) is 20.3.